The molecule has 3 aromatic carbocycles. The Labute approximate surface area is 193 Å². The van der Waals surface area contributed by atoms with Gasteiger partial charge in [-0.2, -0.15) is 0 Å². The zero-order chi connectivity index (χ0) is 23.2. The summed E-state index contributed by atoms with van der Waals surface area (Å²) >= 11 is 0. The van der Waals surface area contributed by atoms with Crippen LogP contribution < -0.4 is 14.2 Å². The Hall–Kier alpha value is -4.06. The van der Waals surface area contributed by atoms with Crippen LogP contribution in [0.5, 0.6) is 17.2 Å². The number of methoxy groups -OCH3 is 1. The molecule has 0 saturated heterocycles. The number of carbonyl (C=O) groups excluding carboxylic acids is 1. The van der Waals surface area contributed by atoms with E-state index in [4.69, 9.17) is 18.9 Å². The molecule has 1 aliphatic rings. The lowest BCUT2D eigenvalue weighted by molar-refractivity contribution is -0.129. The summed E-state index contributed by atoms with van der Waals surface area (Å²) in [5.41, 5.74) is 3.88. The van der Waals surface area contributed by atoms with E-state index in [1.165, 1.54) is 0 Å². The second-order valence-corrected chi connectivity index (χ2v) is 7.58. The van der Waals surface area contributed by atoms with E-state index in [9.17, 15) is 4.79 Å². The Balaban J connectivity index is 1.43. The predicted molar refractivity (Wildman–Crippen MR) is 127 cm³/mol. The number of esters is 1. The van der Waals surface area contributed by atoms with Crippen molar-refractivity contribution in [3.8, 4) is 17.2 Å². The summed E-state index contributed by atoms with van der Waals surface area (Å²) in [4.78, 5) is 16.7. The fraction of sp³-hybridized carbons (Fsp3) is 0.185. The Kier molecular flexibility index (Phi) is 6.74. The molecule has 6 heteroatoms. The summed E-state index contributed by atoms with van der Waals surface area (Å²) in [7, 11) is 1.57. The highest BCUT2D eigenvalue weighted by molar-refractivity contribution is 6.12. The van der Waals surface area contributed by atoms with Gasteiger partial charge < -0.3 is 18.9 Å². The van der Waals surface area contributed by atoms with Gasteiger partial charge in [0.05, 0.1) is 7.11 Å². The lowest BCUT2D eigenvalue weighted by Gasteiger charge is -2.13. The molecule has 33 heavy (non-hydrogen) atoms. The fourth-order valence-corrected chi connectivity index (χ4v) is 3.38. The Morgan fingerprint density at radius 2 is 1.67 bits per heavy atom. The van der Waals surface area contributed by atoms with E-state index in [1.807, 2.05) is 68.4 Å². The lowest BCUT2D eigenvalue weighted by atomic mass is 10.1. The minimum Gasteiger partial charge on any atom is -0.493 e. The van der Waals surface area contributed by atoms with E-state index in [2.05, 4.69) is 4.99 Å². The number of aryl methyl sites for hydroxylation is 2. The molecule has 0 atom stereocenters. The Bertz CT molecular complexity index is 1230. The third kappa shape index (κ3) is 5.41. The van der Waals surface area contributed by atoms with Gasteiger partial charge in [-0.1, -0.05) is 42.0 Å². The van der Waals surface area contributed by atoms with Gasteiger partial charge >= 0.3 is 5.97 Å². The number of benzene rings is 3. The highest BCUT2D eigenvalue weighted by Gasteiger charge is 2.24. The van der Waals surface area contributed by atoms with Gasteiger partial charge in [-0.25, -0.2) is 9.79 Å². The Morgan fingerprint density at radius 1 is 0.879 bits per heavy atom. The number of hydrogen-bond acceptors (Lipinski definition) is 6. The average Bonchev–Trinajstić information content (AvgIpc) is 3.18. The first-order valence-electron chi connectivity index (χ1n) is 10.6. The van der Waals surface area contributed by atoms with Crippen LogP contribution in [0.15, 0.2) is 77.4 Å². The molecule has 4 rings (SSSR count). The number of nitrogens with zero attached hydrogens (tertiary/aromatic N) is 1. The van der Waals surface area contributed by atoms with Crippen LogP contribution in [0.4, 0.5) is 0 Å². The third-order valence-corrected chi connectivity index (χ3v) is 5.07. The summed E-state index contributed by atoms with van der Waals surface area (Å²) in [6.07, 6.45) is 1.67. The molecule has 0 radical (unpaired) electrons. The molecule has 0 spiro atoms. The van der Waals surface area contributed by atoms with Gasteiger partial charge in [-0.05, 0) is 61.4 Å². The lowest BCUT2D eigenvalue weighted by Crippen LogP contribution is -2.10. The van der Waals surface area contributed by atoms with E-state index < -0.39 is 5.97 Å². The number of para-hydroxylation sites is 1. The first-order chi connectivity index (χ1) is 16.0. The first kappa shape index (κ1) is 22.1. The van der Waals surface area contributed by atoms with Gasteiger partial charge in [-0.3, -0.25) is 0 Å². The molecule has 3 aromatic rings. The maximum absolute atomic E-state index is 12.3. The molecular formula is C27H25NO5. The van der Waals surface area contributed by atoms with Gasteiger partial charge in [0, 0.05) is 5.56 Å². The second kappa shape index (κ2) is 10.0. The monoisotopic (exact) mass is 443 g/mol. The van der Waals surface area contributed by atoms with Crippen LogP contribution in [0.2, 0.25) is 0 Å². The smallest absolute Gasteiger partial charge is 0.363 e. The van der Waals surface area contributed by atoms with Crippen LogP contribution >= 0.6 is 0 Å². The van der Waals surface area contributed by atoms with Gasteiger partial charge in [0.15, 0.2) is 17.2 Å². The maximum Gasteiger partial charge on any atom is 0.363 e. The van der Waals surface area contributed by atoms with Crippen LogP contribution in [0.1, 0.15) is 22.3 Å². The molecule has 1 aliphatic heterocycles. The van der Waals surface area contributed by atoms with Crippen molar-refractivity contribution in [1.29, 1.82) is 0 Å². The molecule has 0 amide bonds. The van der Waals surface area contributed by atoms with Gasteiger partial charge in [0.25, 0.3) is 0 Å². The second-order valence-electron chi connectivity index (χ2n) is 7.58. The highest BCUT2D eigenvalue weighted by Crippen LogP contribution is 2.30. The topological polar surface area (TPSA) is 66.4 Å². The molecule has 168 valence electrons. The van der Waals surface area contributed by atoms with Crippen LogP contribution in [0.3, 0.4) is 0 Å². The molecule has 0 bridgehead atoms. The predicted octanol–water partition coefficient (Wildman–Crippen LogP) is 5.11. The van der Waals surface area contributed by atoms with Crippen molar-refractivity contribution in [2.45, 2.75) is 13.8 Å². The van der Waals surface area contributed by atoms with Crippen molar-refractivity contribution in [2.75, 3.05) is 20.3 Å². The van der Waals surface area contributed by atoms with Crippen LogP contribution in [0.25, 0.3) is 6.08 Å². The van der Waals surface area contributed by atoms with Gasteiger partial charge in [0.2, 0.25) is 5.90 Å². The van der Waals surface area contributed by atoms with Crippen molar-refractivity contribution >= 4 is 17.9 Å². The van der Waals surface area contributed by atoms with Gasteiger partial charge in [0.1, 0.15) is 19.0 Å². The van der Waals surface area contributed by atoms with E-state index in [0.717, 1.165) is 28.0 Å². The van der Waals surface area contributed by atoms with E-state index in [1.54, 1.807) is 25.3 Å². The molecule has 0 saturated carbocycles. The Morgan fingerprint density at radius 3 is 2.42 bits per heavy atom. The third-order valence-electron chi connectivity index (χ3n) is 5.07. The number of carbonyl (C=O) groups is 1. The molecule has 6 nitrogen and oxygen atoms in total. The standard InChI is InChI=1S/C27H25NO5/c1-18-7-6-9-21(15-18)26-28-22(27(29)33-26)16-20-11-12-24(25(17-20)30-3)32-14-13-31-23-10-5-4-8-19(23)2/h4-12,15-17H,13-14H2,1-3H3. The first-order valence-corrected chi connectivity index (χ1v) is 10.6. The van der Waals surface area contributed by atoms with Crippen LogP contribution in [-0.2, 0) is 9.53 Å². The number of cyclic esters (lactones) is 1. The summed E-state index contributed by atoms with van der Waals surface area (Å²) in [6, 6.07) is 20.9. The molecule has 0 fully saturated rings. The normalized spacial score (nSPS) is 14.1. The van der Waals surface area contributed by atoms with E-state index in [-0.39, 0.29) is 5.70 Å². The van der Waals surface area contributed by atoms with Crippen molar-refractivity contribution < 1.29 is 23.7 Å². The summed E-state index contributed by atoms with van der Waals surface area (Å²) in [5.74, 6) is 1.79. The van der Waals surface area contributed by atoms with E-state index >= 15 is 0 Å². The van der Waals surface area contributed by atoms with Crippen molar-refractivity contribution in [1.82, 2.24) is 0 Å². The molecule has 0 N–H and O–H groups in total. The molecule has 1 heterocycles. The SMILES string of the molecule is COc1cc(C=C2N=C(c3cccc(C)c3)OC2=O)ccc1OCCOc1ccccc1C. The van der Waals surface area contributed by atoms with Crippen LogP contribution in [-0.4, -0.2) is 32.2 Å². The summed E-state index contributed by atoms with van der Waals surface area (Å²) in [5, 5.41) is 0. The fourth-order valence-electron chi connectivity index (χ4n) is 3.38. The minimum absolute atomic E-state index is 0.230. The molecular weight excluding hydrogens is 418 g/mol. The van der Waals surface area contributed by atoms with Crippen molar-refractivity contribution in [3.05, 3.63) is 94.7 Å². The van der Waals surface area contributed by atoms with Gasteiger partial charge in [-0.15, -0.1) is 0 Å². The zero-order valence-corrected chi connectivity index (χ0v) is 18.8. The van der Waals surface area contributed by atoms with Crippen molar-refractivity contribution in [3.63, 3.8) is 0 Å². The summed E-state index contributed by atoms with van der Waals surface area (Å²) < 4.78 is 22.4. The molecule has 0 aliphatic carbocycles. The highest BCUT2D eigenvalue weighted by atomic mass is 16.6. The number of hydrogen-bond donors (Lipinski definition) is 0. The quantitative estimate of drug-likeness (QED) is 0.275. The van der Waals surface area contributed by atoms with E-state index in [0.29, 0.717) is 30.6 Å². The van der Waals surface area contributed by atoms with Crippen LogP contribution in [0, 0.1) is 13.8 Å². The number of ether oxygens (including phenoxy) is 4. The summed E-state index contributed by atoms with van der Waals surface area (Å²) in [6.45, 7) is 4.74. The number of rotatable bonds is 8. The molecule has 0 aromatic heterocycles. The maximum atomic E-state index is 12.3. The minimum atomic E-state index is -0.487. The zero-order valence-electron chi connectivity index (χ0n) is 18.8. The number of aliphatic imine (C=N–C) groups is 1. The van der Waals surface area contributed by atoms with Crippen molar-refractivity contribution in [2.24, 2.45) is 4.99 Å². The largest absolute Gasteiger partial charge is 0.493 e. The molecule has 0 unspecified atom stereocenters. The average molecular weight is 443 g/mol.